The SMILES string of the molecule is O=C(Nc1sccc1C(=O)NN=Cc1ccc(Cl)c(C(F)(F)F)c1)c1cccc(CSCCCO)c1. The van der Waals surface area contributed by atoms with Crippen LogP contribution in [-0.2, 0) is 11.9 Å². The Morgan fingerprint density at radius 2 is 1.94 bits per heavy atom. The molecule has 1 aromatic heterocycles. The Kier molecular flexibility index (Phi) is 9.94. The lowest BCUT2D eigenvalue weighted by atomic mass is 10.1. The van der Waals surface area contributed by atoms with Crippen molar-refractivity contribution < 1.29 is 27.9 Å². The van der Waals surface area contributed by atoms with Crippen LogP contribution in [0.25, 0.3) is 0 Å². The van der Waals surface area contributed by atoms with Gasteiger partial charge in [0.15, 0.2) is 0 Å². The van der Waals surface area contributed by atoms with Gasteiger partial charge in [-0.05, 0) is 59.0 Å². The molecule has 0 saturated heterocycles. The summed E-state index contributed by atoms with van der Waals surface area (Å²) in [5, 5.41) is 16.8. The minimum atomic E-state index is -4.62. The highest BCUT2D eigenvalue weighted by molar-refractivity contribution is 7.98. The second kappa shape index (κ2) is 12.9. The predicted octanol–water partition coefficient (Wildman–Crippen LogP) is 6.05. The lowest BCUT2D eigenvalue weighted by Gasteiger charge is -2.09. The molecule has 3 N–H and O–H groups in total. The zero-order valence-corrected chi connectivity index (χ0v) is 21.0. The molecule has 0 unspecified atom stereocenters. The zero-order valence-electron chi connectivity index (χ0n) is 18.6. The molecule has 6 nitrogen and oxygen atoms in total. The molecule has 0 bridgehead atoms. The summed E-state index contributed by atoms with van der Waals surface area (Å²) in [5.74, 6) is 0.481. The van der Waals surface area contributed by atoms with Gasteiger partial charge in [0.05, 0.1) is 22.4 Å². The van der Waals surface area contributed by atoms with Crippen molar-refractivity contribution in [2.75, 3.05) is 17.7 Å². The fourth-order valence-corrected chi connectivity index (χ4v) is 4.88. The molecule has 3 aromatic rings. The third kappa shape index (κ3) is 7.82. The highest BCUT2D eigenvalue weighted by Crippen LogP contribution is 2.34. The number of hydrogen-bond donors (Lipinski definition) is 3. The molecule has 0 aliphatic heterocycles. The standard InChI is InChI=1S/C24H21ClF3N3O3S2/c25-20-6-5-15(12-19(20)24(26,27)28)13-29-31-22(34)18-7-10-36-23(18)30-21(33)17-4-1-3-16(11-17)14-35-9-2-8-32/h1,3-7,10-13,32H,2,8-9,14H2,(H,30,33)(H,31,34). The van der Waals surface area contributed by atoms with Gasteiger partial charge in [0.1, 0.15) is 5.00 Å². The van der Waals surface area contributed by atoms with Crippen LogP contribution in [0.2, 0.25) is 5.02 Å². The number of anilines is 1. The number of amides is 2. The van der Waals surface area contributed by atoms with Gasteiger partial charge in [0.25, 0.3) is 11.8 Å². The molecule has 1 heterocycles. The van der Waals surface area contributed by atoms with Gasteiger partial charge in [-0.15, -0.1) is 11.3 Å². The molecule has 0 saturated carbocycles. The Labute approximate surface area is 218 Å². The van der Waals surface area contributed by atoms with Gasteiger partial charge in [-0.1, -0.05) is 29.8 Å². The quantitative estimate of drug-likeness (QED) is 0.161. The number of carbonyl (C=O) groups is 2. The Morgan fingerprint density at radius 3 is 2.69 bits per heavy atom. The van der Waals surface area contributed by atoms with Crippen LogP contribution < -0.4 is 10.7 Å². The largest absolute Gasteiger partial charge is 0.417 e. The second-order valence-electron chi connectivity index (χ2n) is 7.38. The summed E-state index contributed by atoms with van der Waals surface area (Å²) in [6.45, 7) is 0.137. The minimum Gasteiger partial charge on any atom is -0.396 e. The zero-order chi connectivity index (χ0) is 26.1. The number of hydrazone groups is 1. The first kappa shape index (κ1) is 27.7. The number of hydrogen-bond acceptors (Lipinski definition) is 6. The van der Waals surface area contributed by atoms with E-state index < -0.39 is 28.6 Å². The van der Waals surface area contributed by atoms with E-state index in [2.05, 4.69) is 15.8 Å². The third-order valence-electron chi connectivity index (χ3n) is 4.72. The number of thioether (sulfide) groups is 1. The van der Waals surface area contributed by atoms with Crippen LogP contribution in [0.3, 0.4) is 0 Å². The number of benzene rings is 2. The predicted molar refractivity (Wildman–Crippen MR) is 138 cm³/mol. The van der Waals surface area contributed by atoms with Crippen LogP contribution in [0.4, 0.5) is 18.2 Å². The van der Waals surface area contributed by atoms with Crippen molar-refractivity contribution in [2.24, 2.45) is 5.10 Å². The third-order valence-corrected chi connectivity index (χ3v) is 6.99. The van der Waals surface area contributed by atoms with E-state index in [1.165, 1.54) is 12.1 Å². The summed E-state index contributed by atoms with van der Waals surface area (Å²) in [6, 6.07) is 11.9. The van der Waals surface area contributed by atoms with Crippen LogP contribution in [0.5, 0.6) is 0 Å². The van der Waals surface area contributed by atoms with Crippen molar-refractivity contribution in [2.45, 2.75) is 18.3 Å². The van der Waals surface area contributed by atoms with Crippen LogP contribution in [-0.4, -0.2) is 35.5 Å². The molecule has 36 heavy (non-hydrogen) atoms. The number of halogens is 4. The maximum Gasteiger partial charge on any atom is 0.417 e. The van der Waals surface area contributed by atoms with E-state index in [-0.39, 0.29) is 17.7 Å². The van der Waals surface area contributed by atoms with Crippen molar-refractivity contribution in [3.05, 3.63) is 86.8 Å². The smallest absolute Gasteiger partial charge is 0.396 e. The first-order valence-electron chi connectivity index (χ1n) is 10.6. The normalized spacial score (nSPS) is 11.6. The van der Waals surface area contributed by atoms with Gasteiger partial charge < -0.3 is 10.4 Å². The summed E-state index contributed by atoms with van der Waals surface area (Å²) in [5.41, 5.74) is 2.89. The molecule has 2 amide bonds. The van der Waals surface area contributed by atoms with E-state index in [0.717, 1.165) is 41.0 Å². The molecule has 2 aromatic carbocycles. The Balaban J connectivity index is 1.63. The number of alkyl halides is 3. The van der Waals surface area contributed by atoms with Crippen LogP contribution in [0.1, 0.15) is 43.8 Å². The van der Waals surface area contributed by atoms with E-state index in [4.69, 9.17) is 16.7 Å². The molecule has 0 atom stereocenters. The number of nitrogens with one attached hydrogen (secondary N) is 2. The van der Waals surface area contributed by atoms with Crippen molar-refractivity contribution in [1.29, 1.82) is 0 Å². The molecular weight excluding hydrogens is 535 g/mol. The second-order valence-corrected chi connectivity index (χ2v) is 9.81. The van der Waals surface area contributed by atoms with E-state index in [0.29, 0.717) is 22.7 Å². The van der Waals surface area contributed by atoms with Gasteiger partial charge in [-0.2, -0.15) is 30.0 Å². The van der Waals surface area contributed by atoms with Crippen LogP contribution in [0.15, 0.2) is 59.0 Å². The number of carbonyl (C=O) groups excluding carboxylic acids is 2. The monoisotopic (exact) mass is 555 g/mol. The first-order valence-corrected chi connectivity index (χ1v) is 13.0. The Morgan fingerprint density at radius 1 is 1.14 bits per heavy atom. The van der Waals surface area contributed by atoms with Crippen molar-refractivity contribution in [3.63, 3.8) is 0 Å². The molecule has 0 radical (unpaired) electrons. The van der Waals surface area contributed by atoms with E-state index in [1.54, 1.807) is 35.3 Å². The lowest BCUT2D eigenvalue weighted by molar-refractivity contribution is -0.137. The summed E-state index contributed by atoms with van der Waals surface area (Å²) in [4.78, 5) is 25.3. The topological polar surface area (TPSA) is 90.8 Å². The average Bonchev–Trinajstić information content (AvgIpc) is 3.30. The molecule has 0 aliphatic carbocycles. The van der Waals surface area contributed by atoms with Gasteiger partial charge in [0.2, 0.25) is 0 Å². The number of rotatable bonds is 10. The van der Waals surface area contributed by atoms with E-state index >= 15 is 0 Å². The summed E-state index contributed by atoms with van der Waals surface area (Å²) in [6.07, 6.45) is -2.85. The molecule has 3 rings (SSSR count). The van der Waals surface area contributed by atoms with Crippen LogP contribution >= 0.6 is 34.7 Å². The first-order chi connectivity index (χ1) is 17.2. The van der Waals surface area contributed by atoms with Crippen molar-refractivity contribution >= 4 is 57.7 Å². The summed E-state index contributed by atoms with van der Waals surface area (Å²) >= 11 is 8.40. The fraction of sp³-hybridized carbons (Fsp3) is 0.208. The maximum atomic E-state index is 13.0. The van der Waals surface area contributed by atoms with Gasteiger partial charge in [-0.3, -0.25) is 9.59 Å². The van der Waals surface area contributed by atoms with Gasteiger partial charge >= 0.3 is 6.18 Å². The number of aliphatic hydroxyl groups is 1. The molecule has 0 fully saturated rings. The fourth-order valence-electron chi connectivity index (χ4n) is 2.99. The molecule has 190 valence electrons. The number of aliphatic hydroxyl groups excluding tert-OH is 1. The van der Waals surface area contributed by atoms with Gasteiger partial charge in [-0.25, -0.2) is 5.43 Å². The highest BCUT2D eigenvalue weighted by atomic mass is 35.5. The van der Waals surface area contributed by atoms with Crippen molar-refractivity contribution in [1.82, 2.24) is 5.43 Å². The Bertz CT molecular complexity index is 1250. The summed E-state index contributed by atoms with van der Waals surface area (Å²) in [7, 11) is 0. The maximum absolute atomic E-state index is 13.0. The van der Waals surface area contributed by atoms with E-state index in [1.807, 2.05) is 6.07 Å². The lowest BCUT2D eigenvalue weighted by Crippen LogP contribution is -2.20. The van der Waals surface area contributed by atoms with E-state index in [9.17, 15) is 22.8 Å². The molecule has 0 aliphatic rings. The number of thiophene rings is 1. The molecule has 0 spiro atoms. The average molecular weight is 556 g/mol. The number of nitrogens with zero attached hydrogens (tertiary/aromatic N) is 1. The minimum absolute atomic E-state index is 0.0975. The molecular formula is C24H21ClF3N3O3S2. The van der Waals surface area contributed by atoms with Crippen LogP contribution in [0, 0.1) is 0 Å². The Hall–Kier alpha value is -2.86. The van der Waals surface area contributed by atoms with Crippen molar-refractivity contribution in [3.8, 4) is 0 Å². The van der Waals surface area contributed by atoms with Gasteiger partial charge in [0, 0.05) is 17.9 Å². The highest BCUT2D eigenvalue weighted by Gasteiger charge is 2.33. The summed E-state index contributed by atoms with van der Waals surface area (Å²) < 4.78 is 39.0. The molecule has 12 heteroatoms.